The molecule has 0 saturated heterocycles. The molecule has 13 heavy (non-hydrogen) atoms. The molecule has 0 saturated carbocycles. The molecule has 3 N–H and O–H groups in total. The number of hydrogen-bond acceptors (Lipinski definition) is 3. The van der Waals surface area contributed by atoms with Crippen molar-refractivity contribution in [3.05, 3.63) is 17.7 Å². The van der Waals surface area contributed by atoms with Gasteiger partial charge in [-0.05, 0) is 6.42 Å². The number of hydrogen-bond donors (Lipinski definition) is 2. The van der Waals surface area contributed by atoms with Gasteiger partial charge in [-0.3, -0.25) is 9.48 Å². The zero-order chi connectivity index (χ0) is 9.84. The summed E-state index contributed by atoms with van der Waals surface area (Å²) >= 11 is 0. The molecule has 6 heteroatoms. The Labute approximate surface area is 74.0 Å². The number of nitrogens with two attached hydrogens (primary N) is 1. The Morgan fingerprint density at radius 2 is 2.46 bits per heavy atom. The number of carbonyl (C=O) groups excluding carboxylic acids is 1. The summed E-state index contributed by atoms with van der Waals surface area (Å²) in [5.41, 5.74) is 4.69. The Kier molecular flexibility index (Phi) is 2.97. The van der Waals surface area contributed by atoms with Crippen LogP contribution in [0.1, 0.15) is 16.9 Å². The Balaban J connectivity index is 2.87. The molecule has 1 aromatic rings. The van der Waals surface area contributed by atoms with E-state index in [1.54, 1.807) is 0 Å². The first-order chi connectivity index (χ1) is 6.16. The summed E-state index contributed by atoms with van der Waals surface area (Å²) in [6.45, 7) is 0.234. The fourth-order valence-corrected chi connectivity index (χ4v) is 0.997. The van der Waals surface area contributed by atoms with Gasteiger partial charge in [-0.2, -0.15) is 5.10 Å². The van der Waals surface area contributed by atoms with Crippen LogP contribution >= 0.6 is 0 Å². The lowest BCUT2D eigenvalue weighted by Gasteiger charge is -2.02. The predicted octanol–water partition coefficient (Wildman–Crippen LogP) is -0.497. The predicted molar refractivity (Wildman–Crippen MR) is 42.4 cm³/mol. The van der Waals surface area contributed by atoms with E-state index in [4.69, 9.17) is 10.8 Å². The van der Waals surface area contributed by atoms with Gasteiger partial charge in [-0.25, -0.2) is 4.39 Å². The van der Waals surface area contributed by atoms with Gasteiger partial charge in [0.1, 0.15) is 0 Å². The molecule has 5 nitrogen and oxygen atoms in total. The van der Waals surface area contributed by atoms with Crippen molar-refractivity contribution in [1.82, 2.24) is 9.78 Å². The lowest BCUT2D eigenvalue weighted by Crippen LogP contribution is -2.19. The Bertz CT molecular complexity index is 311. The molecule has 0 spiro atoms. The maximum atomic E-state index is 12.8. The van der Waals surface area contributed by atoms with Crippen LogP contribution in [0.3, 0.4) is 0 Å². The first kappa shape index (κ1) is 9.66. The lowest BCUT2D eigenvalue weighted by molar-refractivity contribution is 0.0985. The number of aromatic nitrogens is 2. The molecule has 0 fully saturated rings. The fraction of sp³-hybridized carbons (Fsp3) is 0.429. The molecule has 0 bridgehead atoms. The number of primary amides is 1. The van der Waals surface area contributed by atoms with Gasteiger partial charge in [0.15, 0.2) is 11.5 Å². The van der Waals surface area contributed by atoms with Gasteiger partial charge in [-0.1, -0.05) is 0 Å². The fourth-order valence-electron chi connectivity index (χ4n) is 0.997. The van der Waals surface area contributed by atoms with Crippen LogP contribution in [0.15, 0.2) is 6.20 Å². The molecule has 0 aliphatic carbocycles. The SMILES string of the molecule is NC(=O)c1c(F)cnn1CCCO. The third kappa shape index (κ3) is 2.03. The molecule has 0 aromatic carbocycles. The molecule has 1 amide bonds. The zero-order valence-electron chi connectivity index (χ0n) is 6.90. The second-order valence-corrected chi connectivity index (χ2v) is 2.51. The van der Waals surface area contributed by atoms with Crippen molar-refractivity contribution in [1.29, 1.82) is 0 Å². The van der Waals surface area contributed by atoms with Crippen molar-refractivity contribution in [2.45, 2.75) is 13.0 Å². The molecule has 0 radical (unpaired) electrons. The van der Waals surface area contributed by atoms with Gasteiger partial charge in [0.25, 0.3) is 5.91 Å². The van der Waals surface area contributed by atoms with E-state index in [2.05, 4.69) is 5.10 Å². The van der Waals surface area contributed by atoms with Crippen molar-refractivity contribution in [2.24, 2.45) is 5.73 Å². The van der Waals surface area contributed by atoms with E-state index in [1.165, 1.54) is 0 Å². The van der Waals surface area contributed by atoms with Crippen LogP contribution in [-0.4, -0.2) is 27.4 Å². The molecule has 1 heterocycles. The highest BCUT2D eigenvalue weighted by molar-refractivity contribution is 5.91. The van der Waals surface area contributed by atoms with Crippen molar-refractivity contribution in [2.75, 3.05) is 6.61 Å². The topological polar surface area (TPSA) is 81.1 Å². The van der Waals surface area contributed by atoms with Crippen LogP contribution in [0.2, 0.25) is 0 Å². The van der Waals surface area contributed by atoms with E-state index in [0.717, 1.165) is 10.9 Å². The summed E-state index contributed by atoms with van der Waals surface area (Å²) in [4.78, 5) is 10.7. The maximum absolute atomic E-state index is 12.8. The Morgan fingerprint density at radius 1 is 1.77 bits per heavy atom. The highest BCUT2D eigenvalue weighted by Crippen LogP contribution is 2.05. The Hall–Kier alpha value is -1.43. The second kappa shape index (κ2) is 3.99. The molecule has 1 aromatic heterocycles. The molecular formula is C7H10FN3O2. The third-order valence-corrected chi connectivity index (χ3v) is 1.56. The Morgan fingerprint density at radius 3 is 3.00 bits per heavy atom. The third-order valence-electron chi connectivity index (χ3n) is 1.56. The zero-order valence-corrected chi connectivity index (χ0v) is 6.90. The minimum atomic E-state index is -0.854. The highest BCUT2D eigenvalue weighted by atomic mass is 19.1. The standard InChI is InChI=1S/C7H10FN3O2/c8-5-4-10-11(2-1-3-12)6(5)7(9)13/h4,12H,1-3H2,(H2,9,13). The van der Waals surface area contributed by atoms with E-state index in [1.807, 2.05) is 0 Å². The minimum absolute atomic E-state index is 0.0420. The van der Waals surface area contributed by atoms with Crippen LogP contribution in [-0.2, 0) is 6.54 Å². The van der Waals surface area contributed by atoms with Crippen molar-refractivity contribution >= 4 is 5.91 Å². The summed E-state index contributed by atoms with van der Waals surface area (Å²) in [7, 11) is 0. The molecule has 72 valence electrons. The van der Waals surface area contributed by atoms with E-state index < -0.39 is 11.7 Å². The van der Waals surface area contributed by atoms with Crippen molar-refractivity contribution in [3.63, 3.8) is 0 Å². The number of nitrogens with zero attached hydrogens (tertiary/aromatic N) is 2. The van der Waals surface area contributed by atoms with E-state index in [-0.39, 0.29) is 18.8 Å². The monoisotopic (exact) mass is 187 g/mol. The van der Waals surface area contributed by atoms with Gasteiger partial charge in [0.2, 0.25) is 0 Å². The van der Waals surface area contributed by atoms with E-state index in [9.17, 15) is 9.18 Å². The van der Waals surface area contributed by atoms with Crippen molar-refractivity contribution < 1.29 is 14.3 Å². The first-order valence-electron chi connectivity index (χ1n) is 3.78. The summed E-state index contributed by atoms with van der Waals surface area (Å²) in [5.74, 6) is -1.58. The molecular weight excluding hydrogens is 177 g/mol. The van der Waals surface area contributed by atoms with Gasteiger partial charge in [-0.15, -0.1) is 0 Å². The van der Waals surface area contributed by atoms with Crippen LogP contribution in [0.5, 0.6) is 0 Å². The van der Waals surface area contributed by atoms with Gasteiger partial charge >= 0.3 is 0 Å². The van der Waals surface area contributed by atoms with Crippen LogP contribution < -0.4 is 5.73 Å². The molecule has 0 unspecified atom stereocenters. The molecule has 0 aliphatic rings. The summed E-state index contributed by atoms with van der Waals surface area (Å²) in [6.07, 6.45) is 1.33. The number of aliphatic hydroxyl groups is 1. The number of aliphatic hydroxyl groups excluding tert-OH is 1. The van der Waals surface area contributed by atoms with Gasteiger partial charge in [0, 0.05) is 13.2 Å². The average Bonchev–Trinajstić information content (AvgIpc) is 2.43. The highest BCUT2D eigenvalue weighted by Gasteiger charge is 2.15. The number of aryl methyl sites for hydroxylation is 1. The summed E-state index contributed by atoms with van der Waals surface area (Å²) in [5, 5.41) is 12.1. The number of halogens is 1. The van der Waals surface area contributed by atoms with Crippen LogP contribution in [0.25, 0.3) is 0 Å². The van der Waals surface area contributed by atoms with Gasteiger partial charge in [0.05, 0.1) is 6.20 Å². The van der Waals surface area contributed by atoms with E-state index in [0.29, 0.717) is 6.42 Å². The number of amides is 1. The quantitative estimate of drug-likeness (QED) is 0.667. The molecule has 1 rings (SSSR count). The first-order valence-corrected chi connectivity index (χ1v) is 3.78. The lowest BCUT2D eigenvalue weighted by atomic mass is 10.3. The van der Waals surface area contributed by atoms with Gasteiger partial charge < -0.3 is 10.8 Å². The largest absolute Gasteiger partial charge is 0.396 e. The summed E-state index contributed by atoms with van der Waals surface area (Å²) < 4.78 is 14.0. The van der Waals surface area contributed by atoms with Crippen LogP contribution in [0.4, 0.5) is 4.39 Å². The maximum Gasteiger partial charge on any atom is 0.270 e. The number of carbonyl (C=O) groups is 1. The second-order valence-electron chi connectivity index (χ2n) is 2.51. The number of rotatable bonds is 4. The molecule has 0 aliphatic heterocycles. The summed E-state index contributed by atoms with van der Waals surface area (Å²) in [6, 6.07) is 0. The average molecular weight is 187 g/mol. The van der Waals surface area contributed by atoms with Crippen molar-refractivity contribution in [3.8, 4) is 0 Å². The minimum Gasteiger partial charge on any atom is -0.396 e. The normalized spacial score (nSPS) is 10.3. The van der Waals surface area contributed by atoms with E-state index >= 15 is 0 Å². The van der Waals surface area contributed by atoms with Crippen LogP contribution in [0, 0.1) is 5.82 Å². The molecule has 0 atom stereocenters. The smallest absolute Gasteiger partial charge is 0.270 e.